The smallest absolute Gasteiger partial charge is 0.0640 e. The van der Waals surface area contributed by atoms with E-state index in [2.05, 4.69) is 30.5 Å². The van der Waals surface area contributed by atoms with E-state index in [0.29, 0.717) is 12.1 Å². The highest BCUT2D eigenvalue weighted by Crippen LogP contribution is 2.29. The van der Waals surface area contributed by atoms with Crippen LogP contribution in [0.25, 0.3) is 0 Å². The Kier molecular flexibility index (Phi) is 3.17. The molecule has 0 bridgehead atoms. The minimum absolute atomic E-state index is 0.510. The van der Waals surface area contributed by atoms with Crippen LogP contribution in [-0.4, -0.2) is 18.6 Å². The highest BCUT2D eigenvalue weighted by atomic mass is 35.5. The van der Waals surface area contributed by atoms with Crippen molar-refractivity contribution in [2.45, 2.75) is 32.4 Å². The van der Waals surface area contributed by atoms with Crippen LogP contribution in [0, 0.1) is 0 Å². The first-order valence-electron chi connectivity index (χ1n) is 5.44. The second-order valence-corrected chi connectivity index (χ2v) is 4.78. The molecule has 2 rings (SSSR count). The van der Waals surface area contributed by atoms with Crippen LogP contribution < -0.4 is 10.6 Å². The van der Waals surface area contributed by atoms with Gasteiger partial charge in [-0.1, -0.05) is 37.6 Å². The van der Waals surface area contributed by atoms with Gasteiger partial charge in [0.15, 0.2) is 0 Å². The largest absolute Gasteiger partial charge is 0.382 e. The fourth-order valence-corrected chi connectivity index (χ4v) is 2.35. The van der Waals surface area contributed by atoms with Crippen molar-refractivity contribution in [3.63, 3.8) is 0 Å². The first-order valence-corrected chi connectivity index (χ1v) is 5.82. The molecule has 0 spiro atoms. The van der Waals surface area contributed by atoms with E-state index in [0.717, 1.165) is 23.7 Å². The molecule has 1 atom stereocenters. The van der Waals surface area contributed by atoms with Crippen molar-refractivity contribution in [3.8, 4) is 0 Å². The molecule has 0 aliphatic carbocycles. The minimum Gasteiger partial charge on any atom is -0.382 e. The first-order chi connectivity index (χ1) is 7.16. The van der Waals surface area contributed by atoms with Crippen LogP contribution in [0.1, 0.15) is 19.4 Å². The van der Waals surface area contributed by atoms with E-state index in [4.69, 9.17) is 11.6 Å². The lowest BCUT2D eigenvalue weighted by atomic mass is 9.99. The molecule has 1 aliphatic heterocycles. The monoisotopic (exact) mass is 224 g/mol. The van der Waals surface area contributed by atoms with Crippen LogP contribution in [0.15, 0.2) is 18.2 Å². The van der Waals surface area contributed by atoms with Gasteiger partial charge < -0.3 is 10.6 Å². The van der Waals surface area contributed by atoms with E-state index in [-0.39, 0.29) is 0 Å². The SMILES string of the molecule is CC(C)NC1CNc2c(Cl)cccc2C1. The summed E-state index contributed by atoms with van der Waals surface area (Å²) in [6.07, 6.45) is 1.06. The van der Waals surface area contributed by atoms with Gasteiger partial charge in [0.2, 0.25) is 0 Å². The van der Waals surface area contributed by atoms with E-state index in [1.54, 1.807) is 0 Å². The molecule has 3 heteroatoms. The standard InChI is InChI=1S/C12H17ClN2/c1-8(2)15-10-6-9-4-3-5-11(13)12(9)14-7-10/h3-5,8,10,14-15H,6-7H2,1-2H3. The quantitative estimate of drug-likeness (QED) is 0.807. The Balaban J connectivity index is 2.13. The number of rotatable bonds is 2. The first kappa shape index (κ1) is 10.8. The zero-order chi connectivity index (χ0) is 10.8. The number of fused-ring (bicyclic) bond motifs is 1. The zero-order valence-electron chi connectivity index (χ0n) is 9.18. The normalized spacial score (nSPS) is 19.9. The summed E-state index contributed by atoms with van der Waals surface area (Å²) in [5.41, 5.74) is 2.42. The topological polar surface area (TPSA) is 24.1 Å². The van der Waals surface area contributed by atoms with Crippen molar-refractivity contribution >= 4 is 17.3 Å². The Bertz CT molecular complexity index is 349. The van der Waals surface area contributed by atoms with Gasteiger partial charge in [0.05, 0.1) is 10.7 Å². The van der Waals surface area contributed by atoms with Crippen LogP contribution in [0.4, 0.5) is 5.69 Å². The number of benzene rings is 1. The lowest BCUT2D eigenvalue weighted by molar-refractivity contribution is 0.467. The van der Waals surface area contributed by atoms with Gasteiger partial charge in [-0.15, -0.1) is 0 Å². The summed E-state index contributed by atoms with van der Waals surface area (Å²) in [7, 11) is 0. The molecule has 1 unspecified atom stereocenters. The molecule has 0 saturated heterocycles. The Morgan fingerprint density at radius 2 is 2.27 bits per heavy atom. The molecule has 15 heavy (non-hydrogen) atoms. The lowest BCUT2D eigenvalue weighted by Gasteiger charge is -2.29. The molecule has 1 aromatic rings. The van der Waals surface area contributed by atoms with Crippen molar-refractivity contribution in [3.05, 3.63) is 28.8 Å². The van der Waals surface area contributed by atoms with Gasteiger partial charge in [0, 0.05) is 18.6 Å². The Morgan fingerprint density at radius 1 is 1.47 bits per heavy atom. The number of anilines is 1. The average molecular weight is 225 g/mol. The van der Waals surface area contributed by atoms with Crippen molar-refractivity contribution in [1.29, 1.82) is 0 Å². The van der Waals surface area contributed by atoms with Crippen LogP contribution >= 0.6 is 11.6 Å². The molecule has 0 saturated carbocycles. The molecular formula is C12H17ClN2. The van der Waals surface area contributed by atoms with Gasteiger partial charge in [-0.2, -0.15) is 0 Å². The van der Waals surface area contributed by atoms with Gasteiger partial charge >= 0.3 is 0 Å². The maximum Gasteiger partial charge on any atom is 0.0640 e. The van der Waals surface area contributed by atoms with Gasteiger partial charge in [0.1, 0.15) is 0 Å². The Labute approximate surface area is 96.0 Å². The summed E-state index contributed by atoms with van der Waals surface area (Å²) < 4.78 is 0. The molecule has 82 valence electrons. The minimum atomic E-state index is 0.510. The number of hydrogen-bond acceptors (Lipinski definition) is 2. The summed E-state index contributed by atoms with van der Waals surface area (Å²) in [5.74, 6) is 0. The molecular weight excluding hydrogens is 208 g/mol. The van der Waals surface area contributed by atoms with E-state index < -0.39 is 0 Å². The van der Waals surface area contributed by atoms with Crippen LogP contribution in [0.5, 0.6) is 0 Å². The number of halogens is 1. The molecule has 1 aliphatic rings. The highest BCUT2D eigenvalue weighted by molar-refractivity contribution is 6.33. The van der Waals surface area contributed by atoms with E-state index in [1.165, 1.54) is 5.56 Å². The molecule has 2 N–H and O–H groups in total. The molecule has 0 fully saturated rings. The van der Waals surface area contributed by atoms with Crippen molar-refractivity contribution in [2.24, 2.45) is 0 Å². The lowest BCUT2D eigenvalue weighted by Crippen LogP contribution is -2.43. The third-order valence-corrected chi connectivity index (χ3v) is 2.98. The summed E-state index contributed by atoms with van der Waals surface area (Å²) in [6, 6.07) is 7.13. The summed E-state index contributed by atoms with van der Waals surface area (Å²) >= 11 is 6.11. The second-order valence-electron chi connectivity index (χ2n) is 4.38. The van der Waals surface area contributed by atoms with Gasteiger partial charge in [0.25, 0.3) is 0 Å². The molecule has 2 nitrogen and oxygen atoms in total. The van der Waals surface area contributed by atoms with Crippen LogP contribution in [0.2, 0.25) is 5.02 Å². The molecule has 0 aromatic heterocycles. The number of nitrogens with one attached hydrogen (secondary N) is 2. The maximum absolute atomic E-state index is 6.11. The van der Waals surface area contributed by atoms with Gasteiger partial charge in [-0.25, -0.2) is 0 Å². The van der Waals surface area contributed by atoms with Gasteiger partial charge in [-0.3, -0.25) is 0 Å². The summed E-state index contributed by atoms with van der Waals surface area (Å²) in [6.45, 7) is 5.30. The fourth-order valence-electron chi connectivity index (χ4n) is 2.09. The zero-order valence-corrected chi connectivity index (χ0v) is 9.93. The van der Waals surface area contributed by atoms with Crippen LogP contribution in [0.3, 0.4) is 0 Å². The third-order valence-electron chi connectivity index (χ3n) is 2.66. The van der Waals surface area contributed by atoms with E-state index >= 15 is 0 Å². The predicted molar refractivity (Wildman–Crippen MR) is 65.7 cm³/mol. The van der Waals surface area contributed by atoms with E-state index in [9.17, 15) is 0 Å². The van der Waals surface area contributed by atoms with Crippen LogP contribution in [-0.2, 0) is 6.42 Å². The number of para-hydroxylation sites is 1. The average Bonchev–Trinajstić information content (AvgIpc) is 2.17. The molecule has 0 amide bonds. The van der Waals surface area contributed by atoms with E-state index in [1.807, 2.05) is 12.1 Å². The fraction of sp³-hybridized carbons (Fsp3) is 0.500. The highest BCUT2D eigenvalue weighted by Gasteiger charge is 2.19. The Hall–Kier alpha value is -0.730. The van der Waals surface area contributed by atoms with Gasteiger partial charge in [-0.05, 0) is 18.1 Å². The Morgan fingerprint density at radius 3 is 3.00 bits per heavy atom. The third kappa shape index (κ3) is 2.44. The van der Waals surface area contributed by atoms with Crippen molar-refractivity contribution in [2.75, 3.05) is 11.9 Å². The predicted octanol–water partition coefficient (Wildman–Crippen LogP) is 2.67. The van der Waals surface area contributed by atoms with Crippen molar-refractivity contribution < 1.29 is 0 Å². The molecule has 1 heterocycles. The second kappa shape index (κ2) is 4.42. The maximum atomic E-state index is 6.11. The summed E-state index contributed by atoms with van der Waals surface area (Å²) in [5, 5.41) is 7.76. The van der Waals surface area contributed by atoms with Crippen molar-refractivity contribution in [1.82, 2.24) is 5.32 Å². The number of hydrogen-bond donors (Lipinski definition) is 2. The molecule has 0 radical (unpaired) electrons. The summed E-state index contributed by atoms with van der Waals surface area (Å²) in [4.78, 5) is 0. The molecule has 1 aromatic carbocycles.